The first-order chi connectivity index (χ1) is 10.4. The summed E-state index contributed by atoms with van der Waals surface area (Å²) in [6.45, 7) is 6.09. The number of likely N-dealkylation sites (tertiary alicyclic amines) is 1. The topological polar surface area (TPSA) is 79.5 Å². The Balaban J connectivity index is 1.99. The second-order valence-corrected chi connectivity index (χ2v) is 5.70. The maximum absolute atomic E-state index is 12.1. The highest BCUT2D eigenvalue weighted by atomic mass is 16.5. The summed E-state index contributed by atoms with van der Waals surface area (Å²) in [5.41, 5.74) is 1.96. The molecule has 120 valence electrons. The first-order valence-electron chi connectivity index (χ1n) is 7.56. The molecular weight excluding hydrogens is 284 g/mol. The summed E-state index contributed by atoms with van der Waals surface area (Å²) in [5, 5.41) is 0. The van der Waals surface area contributed by atoms with Crippen molar-refractivity contribution in [2.45, 2.75) is 40.0 Å². The predicted molar refractivity (Wildman–Crippen MR) is 81.0 cm³/mol. The Morgan fingerprint density at radius 3 is 2.32 bits per heavy atom. The van der Waals surface area contributed by atoms with Crippen LogP contribution >= 0.6 is 0 Å². The third kappa shape index (κ3) is 3.37. The number of nitrogens with zero attached hydrogens (tertiary/aromatic N) is 1. The fourth-order valence-electron chi connectivity index (χ4n) is 2.92. The summed E-state index contributed by atoms with van der Waals surface area (Å²) in [4.78, 5) is 40.3. The second-order valence-electron chi connectivity index (χ2n) is 5.70. The van der Waals surface area contributed by atoms with E-state index in [0.29, 0.717) is 16.8 Å². The number of aryl methyl sites for hydroxylation is 1. The minimum Gasteiger partial charge on any atom is -0.451 e. The third-order valence-corrected chi connectivity index (χ3v) is 4.03. The van der Waals surface area contributed by atoms with Gasteiger partial charge in [-0.05, 0) is 45.6 Å². The summed E-state index contributed by atoms with van der Waals surface area (Å²) in [6.07, 6.45) is 3.13. The number of aromatic amines is 1. The maximum Gasteiger partial charge on any atom is 0.355 e. The molecule has 0 bridgehead atoms. The summed E-state index contributed by atoms with van der Waals surface area (Å²) in [5.74, 6) is -0.867. The van der Waals surface area contributed by atoms with Crippen LogP contribution in [0, 0.1) is 13.8 Å². The van der Waals surface area contributed by atoms with E-state index < -0.39 is 5.97 Å². The van der Waals surface area contributed by atoms with Crippen molar-refractivity contribution >= 4 is 17.7 Å². The van der Waals surface area contributed by atoms with Crippen molar-refractivity contribution in [2.75, 3.05) is 19.7 Å². The van der Waals surface area contributed by atoms with E-state index in [4.69, 9.17) is 4.74 Å². The van der Waals surface area contributed by atoms with E-state index in [1.54, 1.807) is 18.7 Å². The summed E-state index contributed by atoms with van der Waals surface area (Å²) < 4.78 is 5.10. The van der Waals surface area contributed by atoms with Crippen LogP contribution in [0.4, 0.5) is 0 Å². The molecule has 1 aromatic rings. The lowest BCUT2D eigenvalue weighted by atomic mass is 10.1. The molecule has 1 N–H and O–H groups in total. The molecule has 0 aromatic carbocycles. The van der Waals surface area contributed by atoms with Gasteiger partial charge in [-0.3, -0.25) is 9.59 Å². The molecule has 22 heavy (non-hydrogen) atoms. The van der Waals surface area contributed by atoms with Crippen molar-refractivity contribution < 1.29 is 19.1 Å². The van der Waals surface area contributed by atoms with Gasteiger partial charge in [-0.2, -0.15) is 0 Å². The van der Waals surface area contributed by atoms with Gasteiger partial charge in [-0.1, -0.05) is 0 Å². The van der Waals surface area contributed by atoms with Gasteiger partial charge in [0, 0.05) is 24.3 Å². The van der Waals surface area contributed by atoms with Crippen molar-refractivity contribution in [3.05, 3.63) is 22.5 Å². The van der Waals surface area contributed by atoms with Gasteiger partial charge in [-0.15, -0.1) is 0 Å². The van der Waals surface area contributed by atoms with Crippen molar-refractivity contribution in [3.63, 3.8) is 0 Å². The van der Waals surface area contributed by atoms with Crippen molar-refractivity contribution in [1.29, 1.82) is 0 Å². The fraction of sp³-hybridized carbons (Fsp3) is 0.562. The first kappa shape index (κ1) is 16.3. The summed E-state index contributed by atoms with van der Waals surface area (Å²) in [6, 6.07) is 0. The van der Waals surface area contributed by atoms with Crippen LogP contribution in [0.5, 0.6) is 0 Å². The molecule has 1 saturated heterocycles. The number of nitrogens with one attached hydrogen (secondary N) is 1. The van der Waals surface area contributed by atoms with Crippen LogP contribution < -0.4 is 0 Å². The monoisotopic (exact) mass is 306 g/mol. The average Bonchev–Trinajstić information content (AvgIpc) is 2.80. The molecule has 1 aliphatic heterocycles. The molecular formula is C16H22N2O4. The molecule has 1 aliphatic rings. The van der Waals surface area contributed by atoms with Gasteiger partial charge < -0.3 is 14.6 Å². The van der Waals surface area contributed by atoms with Crippen LogP contribution in [0.25, 0.3) is 0 Å². The van der Waals surface area contributed by atoms with Gasteiger partial charge in [0.2, 0.25) is 0 Å². The van der Waals surface area contributed by atoms with Crippen molar-refractivity contribution in [3.8, 4) is 0 Å². The molecule has 0 spiro atoms. The largest absolute Gasteiger partial charge is 0.451 e. The zero-order valence-corrected chi connectivity index (χ0v) is 13.3. The van der Waals surface area contributed by atoms with Crippen LogP contribution in [-0.2, 0) is 9.53 Å². The molecule has 1 aromatic heterocycles. The number of rotatable bonds is 4. The Kier molecular flexibility index (Phi) is 5.00. The number of carbonyl (C=O) groups excluding carboxylic acids is 3. The van der Waals surface area contributed by atoms with Crippen LogP contribution in [0.3, 0.4) is 0 Å². The number of ether oxygens (including phenoxy) is 1. The number of hydrogen-bond acceptors (Lipinski definition) is 4. The molecule has 2 heterocycles. The van der Waals surface area contributed by atoms with Crippen LogP contribution in [0.15, 0.2) is 0 Å². The van der Waals surface area contributed by atoms with Gasteiger partial charge in [-0.25, -0.2) is 4.79 Å². The molecule has 0 saturated carbocycles. The molecule has 0 unspecified atom stereocenters. The third-order valence-electron chi connectivity index (χ3n) is 4.03. The molecule has 1 fully saturated rings. The van der Waals surface area contributed by atoms with Crippen LogP contribution in [0.1, 0.15) is 58.3 Å². The highest BCUT2D eigenvalue weighted by molar-refractivity contribution is 6.01. The number of esters is 1. The van der Waals surface area contributed by atoms with E-state index in [1.165, 1.54) is 6.92 Å². The normalized spacial score (nSPS) is 14.8. The lowest BCUT2D eigenvalue weighted by molar-refractivity contribution is -0.135. The molecule has 0 radical (unpaired) electrons. The molecule has 6 heteroatoms. The summed E-state index contributed by atoms with van der Waals surface area (Å²) >= 11 is 0. The van der Waals surface area contributed by atoms with Gasteiger partial charge in [0.05, 0.1) is 0 Å². The smallest absolute Gasteiger partial charge is 0.355 e. The Morgan fingerprint density at radius 1 is 1.14 bits per heavy atom. The lowest BCUT2D eigenvalue weighted by Crippen LogP contribution is -2.38. The molecule has 1 amide bonds. The minimum absolute atomic E-state index is 0.102. The number of amides is 1. The molecule has 0 aliphatic carbocycles. The fourth-order valence-corrected chi connectivity index (χ4v) is 2.92. The van der Waals surface area contributed by atoms with E-state index in [1.807, 2.05) is 0 Å². The van der Waals surface area contributed by atoms with Crippen molar-refractivity contribution in [1.82, 2.24) is 9.88 Å². The zero-order chi connectivity index (χ0) is 16.3. The Morgan fingerprint density at radius 2 is 1.77 bits per heavy atom. The van der Waals surface area contributed by atoms with Crippen LogP contribution in [0.2, 0.25) is 0 Å². The minimum atomic E-state index is -0.599. The number of H-pyrrole nitrogens is 1. The lowest BCUT2D eigenvalue weighted by Gasteiger charge is -2.26. The van der Waals surface area contributed by atoms with E-state index in [9.17, 15) is 14.4 Å². The first-order valence-corrected chi connectivity index (χ1v) is 7.56. The Labute approximate surface area is 129 Å². The van der Waals surface area contributed by atoms with Crippen LogP contribution in [-0.4, -0.2) is 47.2 Å². The van der Waals surface area contributed by atoms with E-state index >= 15 is 0 Å². The summed E-state index contributed by atoms with van der Waals surface area (Å²) in [7, 11) is 0. The SMILES string of the molecule is CC(=O)c1c(C)[nH]c(C(=O)OCC(=O)N2CCCCC2)c1C. The number of hydrogen-bond donors (Lipinski definition) is 1. The van der Waals surface area contributed by atoms with Gasteiger partial charge >= 0.3 is 5.97 Å². The number of Topliss-reactive ketones (excluding diaryl/α,β-unsaturated/α-hetero) is 1. The van der Waals surface area contributed by atoms with E-state index in [0.717, 1.165) is 32.4 Å². The van der Waals surface area contributed by atoms with Crippen molar-refractivity contribution in [2.24, 2.45) is 0 Å². The standard InChI is InChI=1S/C16H22N2O4/c1-10-14(12(3)19)11(2)17-15(10)16(21)22-9-13(20)18-7-5-4-6-8-18/h17H,4-9H2,1-3H3. The van der Waals surface area contributed by atoms with E-state index in [2.05, 4.69) is 4.98 Å². The quantitative estimate of drug-likeness (QED) is 0.681. The second kappa shape index (κ2) is 6.77. The highest BCUT2D eigenvalue weighted by Gasteiger charge is 2.23. The van der Waals surface area contributed by atoms with E-state index in [-0.39, 0.29) is 24.0 Å². The maximum atomic E-state index is 12.1. The molecule has 0 atom stereocenters. The Hall–Kier alpha value is -2.11. The highest BCUT2D eigenvalue weighted by Crippen LogP contribution is 2.19. The predicted octanol–water partition coefficient (Wildman–Crippen LogP) is 2.00. The number of piperidine rings is 1. The Bertz CT molecular complexity index is 598. The average molecular weight is 306 g/mol. The number of carbonyl (C=O) groups is 3. The van der Waals surface area contributed by atoms with Gasteiger partial charge in [0.15, 0.2) is 12.4 Å². The molecule has 2 rings (SSSR count). The van der Waals surface area contributed by atoms with Gasteiger partial charge in [0.1, 0.15) is 5.69 Å². The van der Waals surface area contributed by atoms with Gasteiger partial charge in [0.25, 0.3) is 5.91 Å². The zero-order valence-electron chi connectivity index (χ0n) is 13.3. The number of ketones is 1. The number of aromatic nitrogens is 1. The molecule has 6 nitrogen and oxygen atoms in total.